The molecule has 1 amide bonds. The molecule has 1 N–H and O–H groups in total. The van der Waals surface area contributed by atoms with Gasteiger partial charge in [-0.15, -0.1) is 0 Å². The van der Waals surface area contributed by atoms with Crippen molar-refractivity contribution in [1.29, 1.82) is 0 Å². The molecule has 0 fully saturated rings. The highest BCUT2D eigenvalue weighted by Gasteiger charge is 2.22. The van der Waals surface area contributed by atoms with Crippen molar-refractivity contribution in [2.24, 2.45) is 0 Å². The minimum atomic E-state index is -3.90. The first-order valence-corrected chi connectivity index (χ1v) is 8.00. The maximum Gasteiger partial charge on any atom is 0.243 e. The molecule has 2 rings (SSSR count). The Balaban J connectivity index is 2.05. The van der Waals surface area contributed by atoms with Gasteiger partial charge in [0.15, 0.2) is 0 Å². The van der Waals surface area contributed by atoms with Crippen molar-refractivity contribution in [2.75, 3.05) is 18.9 Å². The molecule has 0 spiro atoms. The molecule has 0 aliphatic heterocycles. The van der Waals surface area contributed by atoms with Gasteiger partial charge in [0.2, 0.25) is 15.9 Å². The normalized spacial score (nSPS) is 11.5. The van der Waals surface area contributed by atoms with Crippen LogP contribution in [0.5, 0.6) is 0 Å². The molecule has 0 saturated carbocycles. The zero-order valence-corrected chi connectivity index (χ0v) is 13.0. The number of carbonyl (C=O) groups is 1. The second-order valence-electron chi connectivity index (χ2n) is 4.77. The van der Waals surface area contributed by atoms with E-state index in [9.17, 15) is 22.0 Å². The molecule has 0 radical (unpaired) electrons. The van der Waals surface area contributed by atoms with Gasteiger partial charge in [0, 0.05) is 12.7 Å². The van der Waals surface area contributed by atoms with Crippen molar-refractivity contribution in [3.05, 3.63) is 60.2 Å². The fourth-order valence-corrected chi connectivity index (χ4v) is 2.93. The largest absolute Gasteiger partial charge is 0.325 e. The van der Waals surface area contributed by atoms with Crippen molar-refractivity contribution < 1.29 is 22.0 Å². The highest BCUT2D eigenvalue weighted by molar-refractivity contribution is 7.89. The van der Waals surface area contributed by atoms with Crippen molar-refractivity contribution in [3.8, 4) is 0 Å². The fraction of sp³-hybridized carbons (Fsp3) is 0.133. The second kappa shape index (κ2) is 6.84. The van der Waals surface area contributed by atoms with Gasteiger partial charge < -0.3 is 5.32 Å². The van der Waals surface area contributed by atoms with Crippen molar-refractivity contribution in [3.63, 3.8) is 0 Å². The number of halogens is 2. The van der Waals surface area contributed by atoms with Gasteiger partial charge in [-0.25, -0.2) is 17.2 Å². The van der Waals surface area contributed by atoms with Crippen LogP contribution in [0.1, 0.15) is 0 Å². The van der Waals surface area contributed by atoms with Gasteiger partial charge >= 0.3 is 0 Å². The van der Waals surface area contributed by atoms with Crippen LogP contribution in [-0.2, 0) is 14.8 Å². The molecule has 0 saturated heterocycles. The molecule has 0 bridgehead atoms. The van der Waals surface area contributed by atoms with E-state index in [0.29, 0.717) is 5.69 Å². The Labute approximate surface area is 132 Å². The molecule has 0 aliphatic rings. The van der Waals surface area contributed by atoms with Gasteiger partial charge in [0.1, 0.15) is 11.6 Å². The van der Waals surface area contributed by atoms with E-state index < -0.39 is 34.1 Å². The number of anilines is 1. The van der Waals surface area contributed by atoms with E-state index >= 15 is 0 Å². The molecule has 0 atom stereocenters. The summed E-state index contributed by atoms with van der Waals surface area (Å²) in [5, 5.41) is 2.46. The summed E-state index contributed by atoms with van der Waals surface area (Å²) in [7, 11) is -2.66. The van der Waals surface area contributed by atoms with E-state index in [2.05, 4.69) is 5.32 Å². The molecular formula is C15H14F2N2O3S. The first kappa shape index (κ1) is 17.0. The third-order valence-electron chi connectivity index (χ3n) is 3.02. The molecule has 5 nitrogen and oxygen atoms in total. The fourth-order valence-electron chi connectivity index (χ4n) is 1.81. The monoisotopic (exact) mass is 340 g/mol. The summed E-state index contributed by atoms with van der Waals surface area (Å²) in [5.74, 6) is -1.58. The summed E-state index contributed by atoms with van der Waals surface area (Å²) in [6, 6.07) is 9.38. The van der Waals surface area contributed by atoms with E-state index in [4.69, 9.17) is 0 Å². The van der Waals surface area contributed by atoms with Gasteiger partial charge in [-0.1, -0.05) is 0 Å². The van der Waals surface area contributed by atoms with Gasteiger partial charge in [-0.2, -0.15) is 4.31 Å². The number of amides is 1. The minimum Gasteiger partial charge on any atom is -0.325 e. The van der Waals surface area contributed by atoms with Crippen LogP contribution >= 0.6 is 0 Å². The number of rotatable bonds is 5. The van der Waals surface area contributed by atoms with Crippen molar-refractivity contribution in [2.45, 2.75) is 4.90 Å². The Hall–Kier alpha value is -2.32. The number of likely N-dealkylation sites (N-methyl/N-ethyl adjacent to an activating group) is 1. The first-order chi connectivity index (χ1) is 10.8. The average molecular weight is 340 g/mol. The summed E-state index contributed by atoms with van der Waals surface area (Å²) in [5.41, 5.74) is 0.351. The van der Waals surface area contributed by atoms with Gasteiger partial charge in [0.05, 0.1) is 11.4 Å². The number of nitrogens with one attached hydrogen (secondary N) is 1. The zero-order chi connectivity index (χ0) is 17.0. The molecule has 0 aliphatic carbocycles. The number of carbonyl (C=O) groups excluding carboxylic acids is 1. The van der Waals surface area contributed by atoms with Crippen molar-refractivity contribution >= 4 is 21.6 Å². The molecule has 2 aromatic carbocycles. The number of sulfonamides is 1. The Morgan fingerprint density at radius 3 is 2.00 bits per heavy atom. The quantitative estimate of drug-likeness (QED) is 0.908. The van der Waals surface area contributed by atoms with Crippen LogP contribution in [0.4, 0.5) is 14.5 Å². The van der Waals surface area contributed by atoms with Gasteiger partial charge in [0.25, 0.3) is 0 Å². The smallest absolute Gasteiger partial charge is 0.243 e. The maximum atomic E-state index is 12.9. The lowest BCUT2D eigenvalue weighted by atomic mass is 10.3. The van der Waals surface area contributed by atoms with Crippen LogP contribution in [0.25, 0.3) is 0 Å². The molecule has 8 heteroatoms. The lowest BCUT2D eigenvalue weighted by Crippen LogP contribution is -2.34. The Morgan fingerprint density at radius 1 is 1.00 bits per heavy atom. The summed E-state index contributed by atoms with van der Waals surface area (Å²) in [4.78, 5) is 11.8. The molecule has 23 heavy (non-hydrogen) atoms. The van der Waals surface area contributed by atoms with E-state index in [1.54, 1.807) is 0 Å². The van der Waals surface area contributed by atoms with Crippen LogP contribution < -0.4 is 5.32 Å². The van der Waals surface area contributed by atoms with Crippen LogP contribution in [0.15, 0.2) is 53.4 Å². The first-order valence-electron chi connectivity index (χ1n) is 6.56. The molecule has 2 aromatic rings. The second-order valence-corrected chi connectivity index (χ2v) is 6.81. The Bertz CT molecular complexity index is 790. The molecule has 122 valence electrons. The lowest BCUT2D eigenvalue weighted by Gasteiger charge is -2.17. The third kappa shape index (κ3) is 4.33. The molecule has 0 unspecified atom stereocenters. The summed E-state index contributed by atoms with van der Waals surface area (Å²) in [6.45, 7) is -0.433. The summed E-state index contributed by atoms with van der Waals surface area (Å²) >= 11 is 0. The van der Waals surface area contributed by atoms with Gasteiger partial charge in [-0.3, -0.25) is 4.79 Å². The highest BCUT2D eigenvalue weighted by Crippen LogP contribution is 2.15. The van der Waals surface area contributed by atoms with E-state index in [0.717, 1.165) is 28.6 Å². The highest BCUT2D eigenvalue weighted by atomic mass is 32.2. The van der Waals surface area contributed by atoms with Crippen LogP contribution in [0.3, 0.4) is 0 Å². The van der Waals surface area contributed by atoms with Crippen molar-refractivity contribution in [1.82, 2.24) is 4.31 Å². The lowest BCUT2D eigenvalue weighted by molar-refractivity contribution is -0.116. The number of hydrogen-bond donors (Lipinski definition) is 1. The van der Waals surface area contributed by atoms with Crippen LogP contribution in [0.2, 0.25) is 0 Å². The summed E-state index contributed by atoms with van der Waals surface area (Å²) in [6.07, 6.45) is 0. The minimum absolute atomic E-state index is 0.115. The SMILES string of the molecule is CN(CC(=O)Nc1ccc(F)cc1)S(=O)(=O)c1ccc(F)cc1. The van der Waals surface area contributed by atoms with E-state index in [1.807, 2.05) is 0 Å². The van der Waals surface area contributed by atoms with Gasteiger partial charge in [-0.05, 0) is 48.5 Å². The van der Waals surface area contributed by atoms with E-state index in [1.165, 1.54) is 31.3 Å². The topological polar surface area (TPSA) is 66.5 Å². The Morgan fingerprint density at radius 2 is 1.48 bits per heavy atom. The standard InChI is InChI=1S/C15H14F2N2O3S/c1-19(23(21,22)14-8-4-12(17)5-9-14)10-15(20)18-13-6-2-11(16)3-7-13/h2-9H,10H2,1H3,(H,18,20). The van der Waals surface area contributed by atoms with Crippen LogP contribution in [-0.4, -0.2) is 32.2 Å². The zero-order valence-electron chi connectivity index (χ0n) is 12.2. The van der Waals surface area contributed by atoms with E-state index in [-0.39, 0.29) is 4.90 Å². The molecular weight excluding hydrogens is 326 g/mol. The number of benzene rings is 2. The molecule has 0 aromatic heterocycles. The Kier molecular flexibility index (Phi) is 5.07. The average Bonchev–Trinajstić information content (AvgIpc) is 2.50. The predicted molar refractivity (Wildman–Crippen MR) is 81.2 cm³/mol. The number of nitrogens with zero attached hydrogens (tertiary/aromatic N) is 1. The third-order valence-corrected chi connectivity index (χ3v) is 4.83. The van der Waals surface area contributed by atoms with Crippen LogP contribution in [0, 0.1) is 11.6 Å². The number of hydrogen-bond acceptors (Lipinski definition) is 3. The summed E-state index contributed by atoms with van der Waals surface area (Å²) < 4.78 is 51.0. The predicted octanol–water partition coefficient (Wildman–Crippen LogP) is 2.22. The maximum absolute atomic E-state index is 12.9. The molecule has 0 heterocycles.